The summed E-state index contributed by atoms with van der Waals surface area (Å²) in [7, 11) is 4.33. The average Bonchev–Trinajstić information content (AvgIpc) is 2.44. The first kappa shape index (κ1) is 15.7. The van der Waals surface area contributed by atoms with E-state index in [-0.39, 0.29) is 5.91 Å². The molecule has 0 aromatic carbocycles. The Morgan fingerprint density at radius 2 is 1.90 bits per heavy atom. The van der Waals surface area contributed by atoms with Crippen molar-refractivity contribution in [3.63, 3.8) is 0 Å². The highest BCUT2D eigenvalue weighted by atomic mass is 16.1. The quantitative estimate of drug-likeness (QED) is 0.760. The van der Waals surface area contributed by atoms with E-state index in [4.69, 9.17) is 0 Å². The van der Waals surface area contributed by atoms with Crippen molar-refractivity contribution < 1.29 is 4.79 Å². The molecule has 1 aliphatic heterocycles. The van der Waals surface area contributed by atoms with Gasteiger partial charge in [0.2, 0.25) is 5.91 Å². The van der Waals surface area contributed by atoms with Gasteiger partial charge in [0.05, 0.1) is 6.54 Å². The van der Waals surface area contributed by atoms with Gasteiger partial charge in [0, 0.05) is 38.3 Å². The first-order chi connectivity index (χ1) is 9.65. The molecule has 2 fully saturated rings. The van der Waals surface area contributed by atoms with Crippen molar-refractivity contribution in [1.82, 2.24) is 20.4 Å². The lowest BCUT2D eigenvalue weighted by atomic mass is 9.95. The fourth-order valence-corrected chi connectivity index (χ4v) is 3.20. The van der Waals surface area contributed by atoms with Gasteiger partial charge in [-0.05, 0) is 26.9 Å². The van der Waals surface area contributed by atoms with Crippen LogP contribution in [0.15, 0.2) is 0 Å². The van der Waals surface area contributed by atoms with Crippen LogP contribution in [0.25, 0.3) is 0 Å². The largest absolute Gasteiger partial charge is 0.352 e. The van der Waals surface area contributed by atoms with Crippen LogP contribution in [0.4, 0.5) is 0 Å². The second-order valence-corrected chi connectivity index (χ2v) is 6.43. The van der Waals surface area contributed by atoms with Crippen molar-refractivity contribution in [2.24, 2.45) is 0 Å². The maximum absolute atomic E-state index is 11.9. The third-order valence-electron chi connectivity index (χ3n) is 4.62. The van der Waals surface area contributed by atoms with Crippen LogP contribution in [-0.2, 0) is 4.79 Å². The van der Waals surface area contributed by atoms with E-state index < -0.39 is 0 Å². The summed E-state index contributed by atoms with van der Waals surface area (Å²) < 4.78 is 0. The second kappa shape index (κ2) is 7.96. The van der Waals surface area contributed by atoms with Crippen molar-refractivity contribution in [2.45, 2.75) is 44.2 Å². The molecule has 2 aliphatic rings. The number of piperazine rings is 1. The van der Waals surface area contributed by atoms with Crippen molar-refractivity contribution in [1.29, 1.82) is 0 Å². The Bertz CT molecular complexity index is 304. The molecule has 1 saturated carbocycles. The van der Waals surface area contributed by atoms with E-state index in [1.807, 2.05) is 0 Å². The average molecular weight is 282 g/mol. The van der Waals surface area contributed by atoms with Gasteiger partial charge in [-0.3, -0.25) is 9.69 Å². The van der Waals surface area contributed by atoms with E-state index in [1.54, 1.807) is 0 Å². The predicted molar refractivity (Wildman–Crippen MR) is 81.8 cm³/mol. The zero-order chi connectivity index (χ0) is 14.4. The minimum atomic E-state index is 0.156. The van der Waals surface area contributed by atoms with Crippen LogP contribution in [0.2, 0.25) is 0 Å². The molecule has 5 heteroatoms. The molecular formula is C15H30N4O. The number of nitrogens with one attached hydrogen (secondary N) is 2. The lowest BCUT2D eigenvalue weighted by Gasteiger charge is -2.37. The SMILES string of the molecule is CN1CCN(C)C(CNCC(=O)NC2CCCCC2)C1. The van der Waals surface area contributed by atoms with Crippen LogP contribution in [0.1, 0.15) is 32.1 Å². The topological polar surface area (TPSA) is 47.6 Å². The molecule has 0 aromatic heterocycles. The molecule has 0 radical (unpaired) electrons. The normalized spacial score (nSPS) is 26.6. The molecular weight excluding hydrogens is 252 g/mol. The third kappa shape index (κ3) is 5.04. The van der Waals surface area contributed by atoms with Gasteiger partial charge < -0.3 is 15.5 Å². The van der Waals surface area contributed by atoms with E-state index >= 15 is 0 Å². The molecule has 116 valence electrons. The second-order valence-electron chi connectivity index (χ2n) is 6.43. The smallest absolute Gasteiger partial charge is 0.234 e. The Balaban J connectivity index is 1.60. The lowest BCUT2D eigenvalue weighted by Crippen LogP contribution is -2.54. The summed E-state index contributed by atoms with van der Waals surface area (Å²) in [4.78, 5) is 16.6. The van der Waals surface area contributed by atoms with Crippen molar-refractivity contribution in [3.8, 4) is 0 Å². The summed E-state index contributed by atoms with van der Waals surface area (Å²) in [5.41, 5.74) is 0. The Hall–Kier alpha value is -0.650. The van der Waals surface area contributed by atoms with Crippen LogP contribution < -0.4 is 10.6 Å². The molecule has 2 rings (SSSR count). The van der Waals surface area contributed by atoms with Gasteiger partial charge in [-0.2, -0.15) is 0 Å². The van der Waals surface area contributed by atoms with Gasteiger partial charge in [-0.15, -0.1) is 0 Å². The maximum Gasteiger partial charge on any atom is 0.234 e. The summed E-state index contributed by atoms with van der Waals surface area (Å²) in [6, 6.07) is 0.928. The minimum absolute atomic E-state index is 0.156. The summed E-state index contributed by atoms with van der Waals surface area (Å²) in [6.07, 6.45) is 6.16. The number of likely N-dealkylation sites (N-methyl/N-ethyl adjacent to an activating group) is 2. The van der Waals surface area contributed by atoms with Crippen LogP contribution in [0, 0.1) is 0 Å². The van der Waals surface area contributed by atoms with Crippen LogP contribution >= 0.6 is 0 Å². The zero-order valence-corrected chi connectivity index (χ0v) is 13.0. The molecule has 0 bridgehead atoms. The summed E-state index contributed by atoms with van der Waals surface area (Å²) in [6.45, 7) is 4.66. The van der Waals surface area contributed by atoms with Crippen LogP contribution in [0.3, 0.4) is 0 Å². The van der Waals surface area contributed by atoms with Gasteiger partial charge in [-0.25, -0.2) is 0 Å². The number of hydrogen-bond acceptors (Lipinski definition) is 4. The first-order valence-corrected chi connectivity index (χ1v) is 8.04. The number of amides is 1. The Morgan fingerprint density at radius 1 is 1.15 bits per heavy atom. The molecule has 2 N–H and O–H groups in total. The zero-order valence-electron chi connectivity index (χ0n) is 13.0. The fraction of sp³-hybridized carbons (Fsp3) is 0.933. The Labute approximate surface area is 123 Å². The highest BCUT2D eigenvalue weighted by Crippen LogP contribution is 2.17. The molecule has 0 spiro atoms. The molecule has 1 atom stereocenters. The van der Waals surface area contributed by atoms with Gasteiger partial charge in [0.1, 0.15) is 0 Å². The lowest BCUT2D eigenvalue weighted by molar-refractivity contribution is -0.121. The molecule has 0 aromatic rings. The molecule has 1 unspecified atom stereocenters. The standard InChI is InChI=1S/C15H30N4O/c1-18-8-9-19(2)14(12-18)10-16-11-15(20)17-13-6-4-3-5-7-13/h13-14,16H,3-12H2,1-2H3,(H,17,20). The number of nitrogens with zero attached hydrogens (tertiary/aromatic N) is 2. The monoisotopic (exact) mass is 282 g/mol. The molecule has 1 saturated heterocycles. The molecule has 1 amide bonds. The number of carbonyl (C=O) groups is 1. The van der Waals surface area contributed by atoms with E-state index in [1.165, 1.54) is 19.3 Å². The van der Waals surface area contributed by atoms with Gasteiger partial charge in [0.15, 0.2) is 0 Å². The predicted octanol–water partition coefficient (Wildman–Crippen LogP) is 0.271. The van der Waals surface area contributed by atoms with Gasteiger partial charge in [0.25, 0.3) is 0 Å². The van der Waals surface area contributed by atoms with E-state index in [0.717, 1.165) is 39.0 Å². The Morgan fingerprint density at radius 3 is 2.65 bits per heavy atom. The first-order valence-electron chi connectivity index (χ1n) is 8.04. The third-order valence-corrected chi connectivity index (χ3v) is 4.62. The fourth-order valence-electron chi connectivity index (χ4n) is 3.20. The molecule has 1 aliphatic carbocycles. The summed E-state index contributed by atoms with van der Waals surface area (Å²) in [5.74, 6) is 0.156. The van der Waals surface area contributed by atoms with Crippen LogP contribution in [-0.4, -0.2) is 74.6 Å². The molecule has 5 nitrogen and oxygen atoms in total. The molecule has 1 heterocycles. The summed E-state index contributed by atoms with van der Waals surface area (Å²) >= 11 is 0. The van der Waals surface area contributed by atoms with E-state index in [0.29, 0.717) is 18.6 Å². The highest BCUT2D eigenvalue weighted by Gasteiger charge is 2.22. The highest BCUT2D eigenvalue weighted by molar-refractivity contribution is 5.78. The van der Waals surface area contributed by atoms with E-state index in [9.17, 15) is 4.79 Å². The number of hydrogen-bond donors (Lipinski definition) is 2. The van der Waals surface area contributed by atoms with Crippen molar-refractivity contribution in [2.75, 3.05) is 46.8 Å². The maximum atomic E-state index is 11.9. The number of carbonyl (C=O) groups excluding carboxylic acids is 1. The minimum Gasteiger partial charge on any atom is -0.352 e. The number of rotatable bonds is 5. The van der Waals surface area contributed by atoms with Crippen molar-refractivity contribution >= 4 is 5.91 Å². The Kier molecular flexibility index (Phi) is 6.26. The van der Waals surface area contributed by atoms with E-state index in [2.05, 4.69) is 34.5 Å². The van der Waals surface area contributed by atoms with Crippen molar-refractivity contribution in [3.05, 3.63) is 0 Å². The summed E-state index contributed by atoms with van der Waals surface area (Å²) in [5, 5.41) is 6.47. The van der Waals surface area contributed by atoms with Gasteiger partial charge >= 0.3 is 0 Å². The van der Waals surface area contributed by atoms with Gasteiger partial charge in [-0.1, -0.05) is 19.3 Å². The molecule has 20 heavy (non-hydrogen) atoms. The van der Waals surface area contributed by atoms with Crippen LogP contribution in [0.5, 0.6) is 0 Å².